The van der Waals surface area contributed by atoms with Crippen molar-refractivity contribution in [2.75, 3.05) is 7.05 Å². The molecule has 0 radical (unpaired) electrons. The van der Waals surface area contributed by atoms with E-state index in [9.17, 15) is 18.0 Å². The molecule has 0 aliphatic carbocycles. The Morgan fingerprint density at radius 3 is 2.00 bits per heavy atom. The zero-order valence-corrected chi connectivity index (χ0v) is 14.1. The lowest BCUT2D eigenvalue weighted by molar-refractivity contribution is -0.128. The maximum absolute atomic E-state index is 12.4. The number of rotatable bonds is 5. The Morgan fingerprint density at radius 1 is 1.09 bits per heavy atom. The number of benzene rings is 1. The molecule has 0 aliphatic rings. The van der Waals surface area contributed by atoms with Crippen molar-refractivity contribution in [2.24, 2.45) is 5.73 Å². The minimum absolute atomic E-state index is 0.0374. The summed E-state index contributed by atoms with van der Waals surface area (Å²) >= 11 is 0. The Balaban J connectivity index is 2.98. The molecule has 1 rings (SSSR count). The van der Waals surface area contributed by atoms with Crippen LogP contribution in [0.3, 0.4) is 0 Å². The first-order valence-electron chi connectivity index (χ1n) is 6.87. The molecule has 0 saturated heterocycles. The van der Waals surface area contributed by atoms with Crippen LogP contribution in [0.15, 0.2) is 29.2 Å². The van der Waals surface area contributed by atoms with Crippen LogP contribution in [-0.2, 0) is 25.0 Å². The van der Waals surface area contributed by atoms with Crippen molar-refractivity contribution in [3.63, 3.8) is 0 Å². The van der Waals surface area contributed by atoms with Crippen LogP contribution >= 0.6 is 0 Å². The van der Waals surface area contributed by atoms with Crippen LogP contribution in [0.4, 0.5) is 0 Å². The molecule has 0 saturated carbocycles. The summed E-state index contributed by atoms with van der Waals surface area (Å²) in [6, 6.07) is 6.42. The first kappa shape index (κ1) is 18.2. The lowest BCUT2D eigenvalue weighted by Gasteiger charge is -2.21. The average Bonchev–Trinajstić information content (AvgIpc) is 2.43. The second-order valence-corrected chi connectivity index (χ2v) is 8.08. The molecule has 1 aromatic rings. The summed E-state index contributed by atoms with van der Waals surface area (Å²) in [5, 5.41) is 0. The molecule has 0 atom stereocenters. The van der Waals surface area contributed by atoms with Crippen molar-refractivity contribution in [2.45, 2.75) is 43.9 Å². The van der Waals surface area contributed by atoms with Gasteiger partial charge in [-0.2, -0.15) is 0 Å². The number of nitrogens with zero attached hydrogens (tertiary/aromatic N) is 1. The van der Waals surface area contributed by atoms with Crippen LogP contribution in [0.2, 0.25) is 0 Å². The zero-order valence-electron chi connectivity index (χ0n) is 13.3. The number of amides is 2. The number of carbonyl (C=O) groups excluding carboxylic acids is 2. The summed E-state index contributed by atoms with van der Waals surface area (Å²) in [6.07, 6.45) is -0.410. The standard InChI is InChI=1S/C15H22N2O4S/c1-15(2,3)11-5-7-12(8-6-11)22(20,21)17(4)14(19)10-9-13(16)18/h5-8H,9-10H2,1-4H3,(H2,16,18). The lowest BCUT2D eigenvalue weighted by atomic mass is 9.87. The number of sulfonamides is 1. The van der Waals surface area contributed by atoms with E-state index in [0.717, 1.165) is 5.56 Å². The maximum Gasteiger partial charge on any atom is 0.266 e. The summed E-state index contributed by atoms with van der Waals surface area (Å²) in [7, 11) is -2.74. The monoisotopic (exact) mass is 326 g/mol. The van der Waals surface area contributed by atoms with E-state index in [1.165, 1.54) is 19.2 Å². The van der Waals surface area contributed by atoms with Crippen molar-refractivity contribution in [3.05, 3.63) is 29.8 Å². The summed E-state index contributed by atoms with van der Waals surface area (Å²) in [4.78, 5) is 22.5. The molecule has 2 N–H and O–H groups in total. The van der Waals surface area contributed by atoms with Gasteiger partial charge in [0.1, 0.15) is 0 Å². The molecule has 0 aliphatic heterocycles. The van der Waals surface area contributed by atoms with Gasteiger partial charge in [0, 0.05) is 19.9 Å². The molecule has 0 aromatic heterocycles. The van der Waals surface area contributed by atoms with Gasteiger partial charge >= 0.3 is 0 Å². The van der Waals surface area contributed by atoms with E-state index < -0.39 is 21.8 Å². The van der Waals surface area contributed by atoms with Crippen LogP contribution < -0.4 is 5.73 Å². The van der Waals surface area contributed by atoms with Gasteiger partial charge in [-0.3, -0.25) is 9.59 Å². The first-order chi connectivity index (χ1) is 9.96. The van der Waals surface area contributed by atoms with Crippen molar-refractivity contribution in [3.8, 4) is 0 Å². The van der Waals surface area contributed by atoms with E-state index in [2.05, 4.69) is 0 Å². The summed E-state index contributed by atoms with van der Waals surface area (Å²) in [5.74, 6) is -1.31. The molecule has 122 valence electrons. The van der Waals surface area contributed by atoms with Crippen LogP contribution in [0, 0.1) is 0 Å². The molecule has 0 heterocycles. The molecular formula is C15H22N2O4S. The Labute approximate surface area is 131 Å². The molecule has 0 unspecified atom stereocenters. The summed E-state index contributed by atoms with van der Waals surface area (Å²) in [6.45, 7) is 6.07. The molecule has 2 amide bonds. The third kappa shape index (κ3) is 4.30. The van der Waals surface area contributed by atoms with E-state index in [-0.39, 0.29) is 23.2 Å². The topological polar surface area (TPSA) is 97.5 Å². The van der Waals surface area contributed by atoms with Crippen LogP contribution in [0.5, 0.6) is 0 Å². The van der Waals surface area contributed by atoms with Gasteiger partial charge in [-0.25, -0.2) is 12.7 Å². The predicted molar refractivity (Wildman–Crippen MR) is 83.5 cm³/mol. The summed E-state index contributed by atoms with van der Waals surface area (Å²) in [5.41, 5.74) is 5.86. The molecular weight excluding hydrogens is 304 g/mol. The quantitative estimate of drug-likeness (QED) is 0.884. The normalized spacial score (nSPS) is 12.0. The number of hydrogen-bond donors (Lipinski definition) is 1. The van der Waals surface area contributed by atoms with E-state index in [1.807, 2.05) is 20.8 Å². The predicted octanol–water partition coefficient (Wildman–Crippen LogP) is 1.40. The number of nitrogens with two attached hydrogens (primary N) is 1. The minimum atomic E-state index is -3.92. The van der Waals surface area contributed by atoms with Gasteiger partial charge in [0.25, 0.3) is 10.0 Å². The second kappa shape index (κ2) is 6.48. The van der Waals surface area contributed by atoms with Crippen molar-refractivity contribution in [1.29, 1.82) is 0 Å². The van der Waals surface area contributed by atoms with E-state index in [1.54, 1.807) is 12.1 Å². The SMILES string of the molecule is CN(C(=O)CCC(N)=O)S(=O)(=O)c1ccc(C(C)(C)C)cc1. The molecule has 22 heavy (non-hydrogen) atoms. The van der Waals surface area contributed by atoms with Gasteiger partial charge in [0.05, 0.1) is 4.90 Å². The number of carbonyl (C=O) groups is 2. The third-order valence-electron chi connectivity index (χ3n) is 3.32. The highest BCUT2D eigenvalue weighted by Crippen LogP contribution is 2.24. The van der Waals surface area contributed by atoms with Gasteiger partial charge < -0.3 is 5.73 Å². The van der Waals surface area contributed by atoms with Gasteiger partial charge in [-0.1, -0.05) is 32.9 Å². The van der Waals surface area contributed by atoms with Crippen molar-refractivity contribution >= 4 is 21.8 Å². The largest absolute Gasteiger partial charge is 0.370 e. The van der Waals surface area contributed by atoms with Crippen LogP contribution in [-0.4, -0.2) is 31.6 Å². The maximum atomic E-state index is 12.4. The van der Waals surface area contributed by atoms with E-state index in [0.29, 0.717) is 4.31 Å². The van der Waals surface area contributed by atoms with Gasteiger partial charge in [-0.05, 0) is 23.1 Å². The second-order valence-electron chi connectivity index (χ2n) is 6.11. The van der Waals surface area contributed by atoms with Crippen LogP contribution in [0.25, 0.3) is 0 Å². The minimum Gasteiger partial charge on any atom is -0.370 e. The Kier molecular flexibility index (Phi) is 5.35. The van der Waals surface area contributed by atoms with Crippen molar-refractivity contribution in [1.82, 2.24) is 4.31 Å². The molecule has 6 nitrogen and oxygen atoms in total. The molecule has 1 aromatic carbocycles. The van der Waals surface area contributed by atoms with Gasteiger partial charge in [-0.15, -0.1) is 0 Å². The van der Waals surface area contributed by atoms with Gasteiger partial charge in [0.2, 0.25) is 11.8 Å². The zero-order chi connectivity index (χ0) is 17.1. The fourth-order valence-corrected chi connectivity index (χ4v) is 2.96. The number of hydrogen-bond acceptors (Lipinski definition) is 4. The fraction of sp³-hybridized carbons (Fsp3) is 0.467. The lowest BCUT2D eigenvalue weighted by Crippen LogP contribution is -2.33. The Hall–Kier alpha value is -1.89. The number of primary amides is 1. The Morgan fingerprint density at radius 2 is 1.59 bits per heavy atom. The van der Waals surface area contributed by atoms with Crippen LogP contribution in [0.1, 0.15) is 39.2 Å². The molecule has 7 heteroatoms. The molecule has 0 bridgehead atoms. The molecule has 0 spiro atoms. The van der Waals surface area contributed by atoms with E-state index in [4.69, 9.17) is 5.73 Å². The third-order valence-corrected chi connectivity index (χ3v) is 5.11. The van der Waals surface area contributed by atoms with E-state index >= 15 is 0 Å². The Bertz CT molecular complexity index is 658. The average molecular weight is 326 g/mol. The van der Waals surface area contributed by atoms with Gasteiger partial charge in [0.15, 0.2) is 0 Å². The fourth-order valence-electron chi connectivity index (χ4n) is 1.81. The smallest absolute Gasteiger partial charge is 0.266 e. The van der Waals surface area contributed by atoms with Crippen molar-refractivity contribution < 1.29 is 18.0 Å². The molecule has 0 fully saturated rings. The summed E-state index contributed by atoms with van der Waals surface area (Å²) < 4.78 is 25.4. The first-order valence-corrected chi connectivity index (χ1v) is 8.31. The highest BCUT2D eigenvalue weighted by atomic mass is 32.2. The highest BCUT2D eigenvalue weighted by molar-refractivity contribution is 7.89. The highest BCUT2D eigenvalue weighted by Gasteiger charge is 2.26.